The molecule has 0 unspecified atom stereocenters. The third kappa shape index (κ3) is 4.44. The number of carboxylic acid groups (broad SMARTS) is 1. The van der Waals surface area contributed by atoms with Gasteiger partial charge in [-0.25, -0.2) is 9.78 Å². The van der Waals surface area contributed by atoms with Crippen molar-refractivity contribution in [2.75, 3.05) is 13.1 Å². The predicted octanol–water partition coefficient (Wildman–Crippen LogP) is 2.83. The molecule has 1 aromatic heterocycles. The summed E-state index contributed by atoms with van der Waals surface area (Å²) in [7, 11) is 0. The number of amides is 2. The number of halogens is 3. The molecule has 0 fully saturated rings. The van der Waals surface area contributed by atoms with E-state index in [1.165, 1.54) is 17.6 Å². The van der Waals surface area contributed by atoms with Crippen LogP contribution in [0.1, 0.15) is 16.1 Å². The summed E-state index contributed by atoms with van der Waals surface area (Å²) < 4.78 is 37.7. The van der Waals surface area contributed by atoms with Crippen LogP contribution in [0.15, 0.2) is 29.8 Å². The van der Waals surface area contributed by atoms with E-state index in [0.717, 1.165) is 23.5 Å². The summed E-state index contributed by atoms with van der Waals surface area (Å²) in [5.41, 5.74) is 1.16. The molecule has 24 heavy (non-hydrogen) atoms. The quantitative estimate of drug-likeness (QED) is 0.716. The molecule has 1 aromatic carbocycles. The van der Waals surface area contributed by atoms with Crippen molar-refractivity contribution in [3.63, 3.8) is 0 Å². The Kier molecular flexibility index (Phi) is 5.39. The highest BCUT2D eigenvalue weighted by molar-refractivity contribution is 7.13. The molecule has 0 radical (unpaired) electrons. The number of aromatic nitrogens is 1. The summed E-state index contributed by atoms with van der Waals surface area (Å²) in [5.74, 6) is -0.529. The Bertz CT molecular complexity index is 729. The van der Waals surface area contributed by atoms with E-state index in [-0.39, 0.29) is 18.8 Å². The lowest BCUT2D eigenvalue weighted by atomic mass is 10.1. The van der Waals surface area contributed by atoms with Crippen LogP contribution in [0.5, 0.6) is 0 Å². The second-order valence-corrected chi connectivity index (χ2v) is 5.45. The molecular formula is C14H12F3N3O3S. The predicted molar refractivity (Wildman–Crippen MR) is 80.9 cm³/mol. The number of alkyl halides is 3. The van der Waals surface area contributed by atoms with E-state index in [1.54, 1.807) is 0 Å². The molecule has 6 nitrogen and oxygen atoms in total. The van der Waals surface area contributed by atoms with E-state index in [2.05, 4.69) is 15.6 Å². The molecular weight excluding hydrogens is 347 g/mol. The molecule has 0 atom stereocenters. The van der Waals surface area contributed by atoms with Gasteiger partial charge in [-0.05, 0) is 17.7 Å². The first-order valence-corrected chi connectivity index (χ1v) is 7.53. The molecule has 3 N–H and O–H groups in total. The van der Waals surface area contributed by atoms with Crippen LogP contribution < -0.4 is 10.6 Å². The molecule has 0 aliphatic rings. The van der Waals surface area contributed by atoms with Crippen molar-refractivity contribution < 1.29 is 27.9 Å². The highest BCUT2D eigenvalue weighted by Crippen LogP contribution is 2.33. The van der Waals surface area contributed by atoms with Crippen LogP contribution >= 0.6 is 11.3 Å². The zero-order valence-corrected chi connectivity index (χ0v) is 12.9. The van der Waals surface area contributed by atoms with Crippen LogP contribution in [0.3, 0.4) is 0 Å². The van der Waals surface area contributed by atoms with Crippen LogP contribution in [0.4, 0.5) is 18.0 Å². The number of nitrogens with zero attached hydrogens (tertiary/aromatic N) is 1. The molecule has 0 aliphatic carbocycles. The van der Waals surface area contributed by atoms with Crippen molar-refractivity contribution in [1.82, 2.24) is 15.6 Å². The molecule has 1 heterocycles. The van der Waals surface area contributed by atoms with Crippen molar-refractivity contribution >= 4 is 23.3 Å². The molecule has 0 spiro atoms. The van der Waals surface area contributed by atoms with Crippen molar-refractivity contribution in [2.24, 2.45) is 0 Å². The van der Waals surface area contributed by atoms with Crippen LogP contribution in [-0.4, -0.2) is 35.2 Å². The zero-order chi connectivity index (χ0) is 17.7. The van der Waals surface area contributed by atoms with Gasteiger partial charge in [-0.1, -0.05) is 12.1 Å². The normalized spacial score (nSPS) is 11.1. The zero-order valence-electron chi connectivity index (χ0n) is 12.1. The first-order valence-electron chi connectivity index (χ1n) is 6.65. The highest BCUT2D eigenvalue weighted by Gasteiger charge is 2.30. The van der Waals surface area contributed by atoms with Crippen molar-refractivity contribution in [1.29, 1.82) is 0 Å². The lowest BCUT2D eigenvalue weighted by Crippen LogP contribution is -2.34. The first-order chi connectivity index (χ1) is 11.3. The van der Waals surface area contributed by atoms with E-state index >= 15 is 0 Å². The van der Waals surface area contributed by atoms with Gasteiger partial charge in [0.2, 0.25) is 0 Å². The lowest BCUT2D eigenvalue weighted by Gasteiger charge is -2.08. The fourth-order valence-electron chi connectivity index (χ4n) is 1.85. The fraction of sp³-hybridized carbons (Fsp3) is 0.214. The summed E-state index contributed by atoms with van der Waals surface area (Å²) >= 11 is 1.13. The summed E-state index contributed by atoms with van der Waals surface area (Å²) in [6, 6.07) is 4.43. The molecule has 2 amide bonds. The number of hydrogen-bond donors (Lipinski definition) is 3. The summed E-state index contributed by atoms with van der Waals surface area (Å²) in [6.07, 6.45) is -5.63. The second kappa shape index (κ2) is 7.30. The third-order valence-electron chi connectivity index (χ3n) is 2.94. The summed E-state index contributed by atoms with van der Waals surface area (Å²) in [5, 5.41) is 13.0. The van der Waals surface area contributed by atoms with Gasteiger partial charge in [-0.3, -0.25) is 4.79 Å². The maximum absolute atomic E-state index is 12.6. The third-order valence-corrected chi connectivity index (χ3v) is 3.82. The number of benzene rings is 1. The van der Waals surface area contributed by atoms with Crippen molar-refractivity contribution in [3.8, 4) is 10.4 Å². The number of carbonyl (C=O) groups excluding carboxylic acids is 1. The molecule has 2 aromatic rings. The smallest absolute Gasteiger partial charge is 0.416 e. The number of nitrogens with one attached hydrogen (secondary N) is 2. The van der Waals surface area contributed by atoms with E-state index in [1.807, 2.05) is 0 Å². The molecule has 128 valence electrons. The largest absolute Gasteiger partial charge is 0.465 e. The first kappa shape index (κ1) is 17.7. The minimum Gasteiger partial charge on any atom is -0.465 e. The van der Waals surface area contributed by atoms with Gasteiger partial charge in [0.05, 0.1) is 16.0 Å². The number of rotatable bonds is 5. The Morgan fingerprint density at radius 2 is 1.75 bits per heavy atom. The van der Waals surface area contributed by atoms with E-state index in [0.29, 0.717) is 10.4 Å². The molecule has 2 rings (SSSR count). The lowest BCUT2D eigenvalue weighted by molar-refractivity contribution is -0.137. The van der Waals surface area contributed by atoms with Gasteiger partial charge in [0.15, 0.2) is 0 Å². The molecule has 0 saturated heterocycles. The number of hydrogen-bond acceptors (Lipinski definition) is 4. The van der Waals surface area contributed by atoms with Gasteiger partial charge in [0, 0.05) is 13.1 Å². The van der Waals surface area contributed by atoms with Crippen LogP contribution in [-0.2, 0) is 6.18 Å². The van der Waals surface area contributed by atoms with Crippen LogP contribution in [0.2, 0.25) is 0 Å². The topological polar surface area (TPSA) is 91.3 Å². The Balaban J connectivity index is 2.09. The Hall–Kier alpha value is -2.62. The Morgan fingerprint density at radius 3 is 2.33 bits per heavy atom. The van der Waals surface area contributed by atoms with Crippen LogP contribution in [0, 0.1) is 0 Å². The second-order valence-electron chi connectivity index (χ2n) is 4.59. The average molecular weight is 359 g/mol. The van der Waals surface area contributed by atoms with Gasteiger partial charge in [0.1, 0.15) is 5.69 Å². The van der Waals surface area contributed by atoms with Gasteiger partial charge in [0.25, 0.3) is 5.91 Å². The van der Waals surface area contributed by atoms with Gasteiger partial charge < -0.3 is 15.7 Å². The maximum Gasteiger partial charge on any atom is 0.416 e. The van der Waals surface area contributed by atoms with Gasteiger partial charge >= 0.3 is 12.3 Å². The minimum absolute atomic E-state index is 0.0286. The summed E-state index contributed by atoms with van der Waals surface area (Å²) in [4.78, 5) is 26.7. The Morgan fingerprint density at radius 1 is 1.12 bits per heavy atom. The molecule has 0 bridgehead atoms. The van der Waals surface area contributed by atoms with E-state index in [4.69, 9.17) is 5.11 Å². The monoisotopic (exact) mass is 359 g/mol. The number of carbonyl (C=O) groups is 2. The highest BCUT2D eigenvalue weighted by atomic mass is 32.1. The Labute approximate surface area is 138 Å². The van der Waals surface area contributed by atoms with Crippen LogP contribution in [0.25, 0.3) is 10.4 Å². The standard InChI is InChI=1S/C14H12F3N3O3S/c15-14(16,17)9-3-1-8(2-4-9)11-10(20-7-24-11)12(21)18-5-6-19-13(22)23/h1-4,7,19H,5-6H2,(H,18,21)(H,22,23). The van der Waals surface area contributed by atoms with Crippen molar-refractivity contribution in [3.05, 3.63) is 41.0 Å². The van der Waals surface area contributed by atoms with E-state index in [9.17, 15) is 22.8 Å². The SMILES string of the molecule is O=C(O)NCCNC(=O)c1ncsc1-c1ccc(C(F)(F)F)cc1. The fourth-order valence-corrected chi connectivity index (χ4v) is 2.65. The molecule has 0 aliphatic heterocycles. The molecule has 0 saturated carbocycles. The number of thiazole rings is 1. The van der Waals surface area contributed by atoms with Crippen molar-refractivity contribution in [2.45, 2.75) is 6.18 Å². The summed E-state index contributed by atoms with van der Waals surface area (Å²) in [6.45, 7) is 0.0932. The van der Waals surface area contributed by atoms with E-state index < -0.39 is 23.7 Å². The minimum atomic E-state index is -4.43. The maximum atomic E-state index is 12.6. The van der Waals surface area contributed by atoms with Gasteiger partial charge in [-0.2, -0.15) is 13.2 Å². The molecule has 10 heteroatoms. The average Bonchev–Trinajstić information content (AvgIpc) is 3.00. The van der Waals surface area contributed by atoms with Gasteiger partial charge in [-0.15, -0.1) is 11.3 Å².